The van der Waals surface area contributed by atoms with Crippen molar-refractivity contribution in [3.8, 4) is 0 Å². The molecule has 2 aromatic rings. The Morgan fingerprint density at radius 1 is 1.23 bits per heavy atom. The summed E-state index contributed by atoms with van der Waals surface area (Å²) in [5.41, 5.74) is 1.25. The van der Waals surface area contributed by atoms with Gasteiger partial charge in [-0.3, -0.25) is 9.89 Å². The summed E-state index contributed by atoms with van der Waals surface area (Å²) in [6, 6.07) is 1.66. The number of nitrogens with one attached hydrogen (secondary N) is 1. The highest BCUT2D eigenvalue weighted by molar-refractivity contribution is 5.92. The van der Waals surface area contributed by atoms with Gasteiger partial charge in [0.2, 0.25) is 0 Å². The molecule has 1 atom stereocenters. The number of piperidine rings is 1. The molecule has 7 heteroatoms. The van der Waals surface area contributed by atoms with Gasteiger partial charge < -0.3 is 4.90 Å². The van der Waals surface area contributed by atoms with Gasteiger partial charge in [0.15, 0.2) is 5.82 Å². The lowest BCUT2D eigenvalue weighted by Gasteiger charge is -2.33. The molecule has 3 rings (SSSR count). The van der Waals surface area contributed by atoms with Crippen molar-refractivity contribution in [3.05, 3.63) is 34.9 Å². The van der Waals surface area contributed by atoms with Crippen LogP contribution in [0.1, 0.15) is 59.0 Å². The van der Waals surface area contributed by atoms with E-state index in [1.807, 2.05) is 18.7 Å². The van der Waals surface area contributed by atoms with E-state index in [0.717, 1.165) is 30.8 Å². The van der Waals surface area contributed by atoms with Crippen molar-refractivity contribution in [2.75, 3.05) is 6.54 Å². The topological polar surface area (TPSA) is 87.7 Å². The maximum Gasteiger partial charge on any atom is 0.273 e. The van der Waals surface area contributed by atoms with Crippen molar-refractivity contribution < 1.29 is 4.79 Å². The summed E-state index contributed by atoms with van der Waals surface area (Å²) < 4.78 is 0. The van der Waals surface area contributed by atoms with E-state index in [1.54, 1.807) is 13.0 Å². The summed E-state index contributed by atoms with van der Waals surface area (Å²) in [6.07, 6.45) is 2.95. The van der Waals surface area contributed by atoms with Crippen LogP contribution in [0.5, 0.6) is 0 Å². The number of carbonyl (C=O) groups is 1. The number of nitrogens with zero attached hydrogens (tertiary/aromatic N) is 5. The number of amides is 1. The summed E-state index contributed by atoms with van der Waals surface area (Å²) >= 11 is 0. The van der Waals surface area contributed by atoms with Crippen LogP contribution in [-0.4, -0.2) is 42.5 Å². The van der Waals surface area contributed by atoms with E-state index in [1.165, 1.54) is 0 Å². The second-order valence-corrected chi connectivity index (χ2v) is 5.73. The molecule has 0 aliphatic carbocycles. The Labute approximate surface area is 129 Å². The molecule has 1 amide bonds. The molecule has 22 heavy (non-hydrogen) atoms. The largest absolute Gasteiger partial charge is 0.327 e. The Morgan fingerprint density at radius 3 is 2.73 bits per heavy atom. The minimum atomic E-state index is -0.0817. The molecule has 0 radical (unpaired) electrons. The van der Waals surface area contributed by atoms with Crippen molar-refractivity contribution >= 4 is 5.91 Å². The van der Waals surface area contributed by atoms with Gasteiger partial charge in [0.1, 0.15) is 17.3 Å². The predicted molar refractivity (Wildman–Crippen MR) is 80.3 cm³/mol. The van der Waals surface area contributed by atoms with Crippen molar-refractivity contribution in [1.82, 2.24) is 30.0 Å². The molecule has 0 unspecified atom stereocenters. The molecule has 3 heterocycles. The van der Waals surface area contributed by atoms with Gasteiger partial charge in [0.25, 0.3) is 5.91 Å². The molecule has 1 saturated heterocycles. The smallest absolute Gasteiger partial charge is 0.273 e. The van der Waals surface area contributed by atoms with Crippen LogP contribution in [-0.2, 0) is 0 Å². The second kappa shape index (κ2) is 5.82. The minimum Gasteiger partial charge on any atom is -0.327 e. The molecule has 7 nitrogen and oxygen atoms in total. The Balaban J connectivity index is 1.91. The van der Waals surface area contributed by atoms with Crippen molar-refractivity contribution in [2.24, 2.45) is 0 Å². The van der Waals surface area contributed by atoms with Gasteiger partial charge in [-0.2, -0.15) is 5.10 Å². The monoisotopic (exact) mass is 300 g/mol. The first kappa shape index (κ1) is 14.6. The molecule has 1 fully saturated rings. The highest BCUT2D eigenvalue weighted by Gasteiger charge is 2.32. The zero-order valence-electron chi connectivity index (χ0n) is 13.1. The first-order chi connectivity index (χ1) is 10.5. The van der Waals surface area contributed by atoms with Crippen LogP contribution in [0.15, 0.2) is 6.07 Å². The number of hydrogen-bond donors (Lipinski definition) is 1. The third-order valence-corrected chi connectivity index (χ3v) is 3.86. The highest BCUT2D eigenvalue weighted by Crippen LogP contribution is 2.30. The fourth-order valence-electron chi connectivity index (χ4n) is 2.93. The first-order valence-electron chi connectivity index (χ1n) is 7.57. The van der Waals surface area contributed by atoms with Crippen molar-refractivity contribution in [2.45, 2.75) is 46.1 Å². The second-order valence-electron chi connectivity index (χ2n) is 5.73. The van der Waals surface area contributed by atoms with E-state index >= 15 is 0 Å². The van der Waals surface area contributed by atoms with Crippen LogP contribution in [0.4, 0.5) is 0 Å². The van der Waals surface area contributed by atoms with Crippen LogP contribution >= 0.6 is 0 Å². The van der Waals surface area contributed by atoms with Crippen LogP contribution in [0.2, 0.25) is 0 Å². The number of H-pyrrole nitrogens is 1. The maximum atomic E-state index is 12.9. The Kier molecular flexibility index (Phi) is 3.87. The summed E-state index contributed by atoms with van der Waals surface area (Å²) in [7, 11) is 0. The van der Waals surface area contributed by atoms with Gasteiger partial charge in [0, 0.05) is 12.2 Å². The third-order valence-electron chi connectivity index (χ3n) is 3.86. The van der Waals surface area contributed by atoms with Gasteiger partial charge in [-0.15, -0.1) is 0 Å². The van der Waals surface area contributed by atoms with Gasteiger partial charge >= 0.3 is 0 Å². The fraction of sp³-hybridized carbons (Fsp3) is 0.533. The Hall–Kier alpha value is -2.31. The summed E-state index contributed by atoms with van der Waals surface area (Å²) in [6.45, 7) is 6.25. The fourth-order valence-corrected chi connectivity index (χ4v) is 2.93. The van der Waals surface area contributed by atoms with E-state index < -0.39 is 0 Å². The predicted octanol–water partition coefficient (Wildman–Crippen LogP) is 1.89. The van der Waals surface area contributed by atoms with Crippen LogP contribution in [0, 0.1) is 20.8 Å². The van der Waals surface area contributed by atoms with Crippen molar-refractivity contribution in [1.29, 1.82) is 0 Å². The molecule has 0 saturated carbocycles. The van der Waals surface area contributed by atoms with E-state index in [2.05, 4.69) is 25.1 Å². The molecular formula is C15H20N6O. The normalized spacial score (nSPS) is 18.5. The summed E-state index contributed by atoms with van der Waals surface area (Å²) in [5, 5.41) is 7.10. The summed E-state index contributed by atoms with van der Waals surface area (Å²) in [5.74, 6) is 2.00. The number of aromatic nitrogens is 5. The lowest BCUT2D eigenvalue weighted by atomic mass is 10.0. The zero-order chi connectivity index (χ0) is 15.7. The molecule has 116 valence electrons. The Morgan fingerprint density at radius 2 is 2.05 bits per heavy atom. The zero-order valence-corrected chi connectivity index (χ0v) is 13.1. The molecule has 1 N–H and O–H groups in total. The van der Waals surface area contributed by atoms with Gasteiger partial charge in [0.05, 0.1) is 6.04 Å². The molecule has 0 aromatic carbocycles. The first-order valence-corrected chi connectivity index (χ1v) is 7.57. The minimum absolute atomic E-state index is 0.0687. The molecular weight excluding hydrogens is 280 g/mol. The molecule has 1 aliphatic heterocycles. The number of rotatable bonds is 2. The number of carbonyl (C=O) groups excluding carboxylic acids is 1. The average Bonchev–Trinajstić information content (AvgIpc) is 2.92. The van der Waals surface area contributed by atoms with Crippen LogP contribution in [0.3, 0.4) is 0 Å². The number of aromatic amines is 1. The SMILES string of the molecule is Cc1cc(C(=O)N2CCCC[C@@H]2c2n[nH]c(C)n2)nc(C)n1. The standard InChI is InChI=1S/C15H20N6O/c1-9-8-12(17-10(2)16-9)15(22)21-7-5-4-6-13(21)14-18-11(3)19-20-14/h8,13H,4-7H2,1-3H3,(H,18,19,20)/t13-/m1/s1. The maximum absolute atomic E-state index is 12.9. The quantitative estimate of drug-likeness (QED) is 0.915. The van der Waals surface area contributed by atoms with Gasteiger partial charge in [-0.25, -0.2) is 15.0 Å². The van der Waals surface area contributed by atoms with Crippen LogP contribution < -0.4 is 0 Å². The highest BCUT2D eigenvalue weighted by atomic mass is 16.2. The molecule has 0 spiro atoms. The number of likely N-dealkylation sites (tertiary alicyclic amines) is 1. The van der Waals surface area contributed by atoms with E-state index in [0.29, 0.717) is 23.9 Å². The van der Waals surface area contributed by atoms with E-state index in [-0.39, 0.29) is 11.9 Å². The Bertz CT molecular complexity index is 675. The van der Waals surface area contributed by atoms with Crippen molar-refractivity contribution in [3.63, 3.8) is 0 Å². The summed E-state index contributed by atoms with van der Waals surface area (Å²) in [4.78, 5) is 27.6. The third kappa shape index (κ3) is 2.84. The number of hydrogen-bond acceptors (Lipinski definition) is 5. The average molecular weight is 300 g/mol. The lowest BCUT2D eigenvalue weighted by Crippen LogP contribution is -2.39. The number of aryl methyl sites for hydroxylation is 3. The van der Waals surface area contributed by atoms with Crippen LogP contribution in [0.25, 0.3) is 0 Å². The lowest BCUT2D eigenvalue weighted by molar-refractivity contribution is 0.0593. The molecule has 1 aliphatic rings. The molecule has 0 bridgehead atoms. The molecule has 2 aromatic heterocycles. The van der Waals surface area contributed by atoms with Gasteiger partial charge in [-0.1, -0.05) is 0 Å². The van der Waals surface area contributed by atoms with Gasteiger partial charge in [-0.05, 0) is 46.1 Å². The van der Waals surface area contributed by atoms with E-state index in [4.69, 9.17) is 0 Å². The van der Waals surface area contributed by atoms with E-state index in [9.17, 15) is 4.79 Å².